The molecule has 1 aliphatic rings. The van der Waals surface area contributed by atoms with Crippen LogP contribution in [0.4, 0.5) is 10.1 Å². The van der Waals surface area contributed by atoms with Gasteiger partial charge in [0.25, 0.3) is 5.91 Å². The van der Waals surface area contributed by atoms with E-state index in [1.807, 2.05) is 47.4 Å². The molecule has 4 aromatic rings. The quantitative estimate of drug-likeness (QED) is 0.446. The Kier molecular flexibility index (Phi) is 5.31. The molecule has 1 fully saturated rings. The summed E-state index contributed by atoms with van der Waals surface area (Å²) < 4.78 is 13.2. The number of amides is 1. The van der Waals surface area contributed by atoms with Crippen LogP contribution in [-0.2, 0) is 0 Å². The Bertz CT molecular complexity index is 1260. The molecular weight excluding hydrogens is 401 g/mol. The molecule has 3 aromatic carbocycles. The van der Waals surface area contributed by atoms with Gasteiger partial charge in [-0.15, -0.1) is 0 Å². The predicted molar refractivity (Wildman–Crippen MR) is 126 cm³/mol. The summed E-state index contributed by atoms with van der Waals surface area (Å²) in [6.45, 7) is 4.72. The molecule has 0 atom stereocenters. The highest BCUT2D eigenvalue weighted by Crippen LogP contribution is 2.27. The fourth-order valence-electron chi connectivity index (χ4n) is 4.21. The maximum atomic E-state index is 13.6. The average molecular weight is 426 g/mol. The molecule has 0 spiro atoms. The molecule has 0 unspecified atom stereocenters. The van der Waals surface area contributed by atoms with Crippen LogP contribution in [0.3, 0.4) is 0 Å². The summed E-state index contributed by atoms with van der Waals surface area (Å²) in [7, 11) is 0. The predicted octanol–water partition coefficient (Wildman–Crippen LogP) is 5.31. The van der Waals surface area contributed by atoms with Crippen LogP contribution in [0.25, 0.3) is 22.2 Å². The van der Waals surface area contributed by atoms with Crippen LogP contribution in [0.15, 0.2) is 78.9 Å². The molecule has 1 aliphatic heterocycles. The normalized spacial score (nSPS) is 14.1. The Labute approximate surface area is 186 Å². The zero-order chi connectivity index (χ0) is 22.1. The van der Waals surface area contributed by atoms with E-state index in [9.17, 15) is 9.18 Å². The number of anilines is 1. The number of nitrogens with zero attached hydrogens (tertiary/aromatic N) is 3. The van der Waals surface area contributed by atoms with E-state index in [0.717, 1.165) is 27.8 Å². The number of fused-ring (bicyclic) bond motifs is 1. The molecule has 32 heavy (non-hydrogen) atoms. The van der Waals surface area contributed by atoms with E-state index in [4.69, 9.17) is 4.98 Å². The summed E-state index contributed by atoms with van der Waals surface area (Å²) in [4.78, 5) is 22.5. The number of aromatic nitrogens is 1. The number of para-hydroxylation sites is 1. The van der Waals surface area contributed by atoms with Crippen LogP contribution in [0.2, 0.25) is 0 Å². The number of rotatable bonds is 3. The second-order valence-electron chi connectivity index (χ2n) is 8.19. The maximum Gasteiger partial charge on any atom is 0.254 e. The zero-order valence-corrected chi connectivity index (χ0v) is 18.0. The van der Waals surface area contributed by atoms with Gasteiger partial charge in [0.1, 0.15) is 5.82 Å². The lowest BCUT2D eigenvalue weighted by Gasteiger charge is -2.36. The summed E-state index contributed by atoms with van der Waals surface area (Å²) in [6.07, 6.45) is 0. The van der Waals surface area contributed by atoms with Crippen molar-refractivity contribution in [2.45, 2.75) is 6.92 Å². The molecule has 0 N–H and O–H groups in total. The van der Waals surface area contributed by atoms with Crippen molar-refractivity contribution in [2.24, 2.45) is 0 Å². The molecule has 1 saturated heterocycles. The second-order valence-corrected chi connectivity index (χ2v) is 8.19. The topological polar surface area (TPSA) is 36.4 Å². The molecule has 4 nitrogen and oxygen atoms in total. The number of hydrogen-bond acceptors (Lipinski definition) is 3. The minimum Gasteiger partial charge on any atom is -0.368 e. The zero-order valence-electron chi connectivity index (χ0n) is 18.0. The van der Waals surface area contributed by atoms with Crippen molar-refractivity contribution >= 4 is 22.5 Å². The standard InChI is InChI=1S/C27H24FN3O/c1-19-6-8-20(9-7-19)26-18-24(23-4-2-3-5-25(23)29-26)27(32)31-16-14-30(15-17-31)22-12-10-21(28)11-13-22/h2-13,18H,14-17H2,1H3. The van der Waals surface area contributed by atoms with Crippen molar-refractivity contribution in [1.29, 1.82) is 0 Å². The molecule has 2 heterocycles. The van der Waals surface area contributed by atoms with E-state index >= 15 is 0 Å². The Balaban J connectivity index is 1.43. The van der Waals surface area contributed by atoms with Gasteiger partial charge in [0, 0.05) is 42.8 Å². The molecule has 160 valence electrons. The number of carbonyl (C=O) groups is 1. The monoisotopic (exact) mass is 425 g/mol. The van der Waals surface area contributed by atoms with Gasteiger partial charge in [0.15, 0.2) is 0 Å². The fourth-order valence-corrected chi connectivity index (χ4v) is 4.21. The summed E-state index contributed by atoms with van der Waals surface area (Å²) in [5.74, 6) is -0.216. The summed E-state index contributed by atoms with van der Waals surface area (Å²) >= 11 is 0. The van der Waals surface area contributed by atoms with E-state index in [-0.39, 0.29) is 11.7 Å². The lowest BCUT2D eigenvalue weighted by Crippen LogP contribution is -2.48. The van der Waals surface area contributed by atoms with Gasteiger partial charge in [0.05, 0.1) is 16.8 Å². The third-order valence-electron chi connectivity index (χ3n) is 6.05. The third-order valence-corrected chi connectivity index (χ3v) is 6.05. The number of halogens is 1. The largest absolute Gasteiger partial charge is 0.368 e. The van der Waals surface area contributed by atoms with E-state index < -0.39 is 0 Å². The van der Waals surface area contributed by atoms with Gasteiger partial charge in [0.2, 0.25) is 0 Å². The molecule has 1 aromatic heterocycles. The number of hydrogen-bond donors (Lipinski definition) is 0. The van der Waals surface area contributed by atoms with Gasteiger partial charge in [-0.1, -0.05) is 48.0 Å². The van der Waals surface area contributed by atoms with Gasteiger partial charge < -0.3 is 9.80 Å². The van der Waals surface area contributed by atoms with E-state index in [1.54, 1.807) is 12.1 Å². The number of piperazine rings is 1. The van der Waals surface area contributed by atoms with Crippen molar-refractivity contribution < 1.29 is 9.18 Å². The first kappa shape index (κ1) is 20.2. The Morgan fingerprint density at radius 2 is 1.56 bits per heavy atom. The number of benzene rings is 3. The Morgan fingerprint density at radius 1 is 0.875 bits per heavy atom. The molecule has 1 amide bonds. The number of aryl methyl sites for hydroxylation is 1. The molecule has 0 saturated carbocycles. The number of carbonyl (C=O) groups excluding carboxylic acids is 1. The first-order valence-corrected chi connectivity index (χ1v) is 10.8. The van der Waals surface area contributed by atoms with Crippen LogP contribution in [-0.4, -0.2) is 42.0 Å². The lowest BCUT2D eigenvalue weighted by molar-refractivity contribution is 0.0748. The Morgan fingerprint density at radius 3 is 2.28 bits per heavy atom. The van der Waals surface area contributed by atoms with Gasteiger partial charge in [-0.3, -0.25) is 4.79 Å². The van der Waals surface area contributed by atoms with Crippen LogP contribution in [0.1, 0.15) is 15.9 Å². The first-order chi connectivity index (χ1) is 15.6. The second kappa shape index (κ2) is 8.42. The van der Waals surface area contributed by atoms with Crippen molar-refractivity contribution in [3.05, 3.63) is 95.8 Å². The van der Waals surface area contributed by atoms with Crippen LogP contribution < -0.4 is 4.90 Å². The third kappa shape index (κ3) is 3.94. The lowest BCUT2D eigenvalue weighted by atomic mass is 10.0. The Hall–Kier alpha value is -3.73. The average Bonchev–Trinajstić information content (AvgIpc) is 2.84. The van der Waals surface area contributed by atoms with Gasteiger partial charge in [-0.05, 0) is 43.3 Å². The maximum absolute atomic E-state index is 13.6. The van der Waals surface area contributed by atoms with Crippen LogP contribution >= 0.6 is 0 Å². The summed E-state index contributed by atoms with van der Waals surface area (Å²) in [6, 6.07) is 24.5. The first-order valence-electron chi connectivity index (χ1n) is 10.8. The minimum atomic E-state index is -0.239. The van der Waals surface area contributed by atoms with Crippen molar-refractivity contribution in [3.8, 4) is 11.3 Å². The fraction of sp³-hybridized carbons (Fsp3) is 0.185. The highest BCUT2D eigenvalue weighted by Gasteiger charge is 2.24. The smallest absolute Gasteiger partial charge is 0.254 e. The van der Waals surface area contributed by atoms with Crippen LogP contribution in [0.5, 0.6) is 0 Å². The SMILES string of the molecule is Cc1ccc(-c2cc(C(=O)N3CCN(c4ccc(F)cc4)CC3)c3ccccc3n2)cc1. The van der Waals surface area contributed by atoms with Crippen molar-refractivity contribution in [2.75, 3.05) is 31.1 Å². The summed E-state index contributed by atoms with van der Waals surface area (Å²) in [5, 5.41) is 0.870. The highest BCUT2D eigenvalue weighted by atomic mass is 19.1. The van der Waals surface area contributed by atoms with E-state index in [1.165, 1.54) is 17.7 Å². The highest BCUT2D eigenvalue weighted by molar-refractivity contribution is 6.07. The molecule has 5 heteroatoms. The van der Waals surface area contributed by atoms with Crippen molar-refractivity contribution in [3.63, 3.8) is 0 Å². The van der Waals surface area contributed by atoms with Gasteiger partial charge >= 0.3 is 0 Å². The van der Waals surface area contributed by atoms with E-state index in [2.05, 4.69) is 24.0 Å². The van der Waals surface area contributed by atoms with Gasteiger partial charge in [-0.25, -0.2) is 9.37 Å². The van der Waals surface area contributed by atoms with Crippen LogP contribution in [0, 0.1) is 12.7 Å². The molecule has 0 bridgehead atoms. The molecule has 0 aliphatic carbocycles. The number of pyridine rings is 1. The van der Waals surface area contributed by atoms with E-state index in [0.29, 0.717) is 31.7 Å². The summed E-state index contributed by atoms with van der Waals surface area (Å²) in [5.41, 5.74) is 5.47. The molecular formula is C27H24FN3O. The minimum absolute atomic E-state index is 0.0238. The molecule has 5 rings (SSSR count). The molecule has 0 radical (unpaired) electrons. The van der Waals surface area contributed by atoms with Crippen molar-refractivity contribution in [1.82, 2.24) is 9.88 Å². The van der Waals surface area contributed by atoms with Gasteiger partial charge in [-0.2, -0.15) is 0 Å².